The van der Waals surface area contributed by atoms with Gasteiger partial charge in [-0.25, -0.2) is 4.98 Å². The van der Waals surface area contributed by atoms with Crippen molar-refractivity contribution in [2.75, 3.05) is 19.7 Å². The molecule has 0 N–H and O–H groups in total. The Morgan fingerprint density at radius 2 is 2.00 bits per heavy atom. The van der Waals surface area contributed by atoms with Gasteiger partial charge in [-0.05, 0) is 24.5 Å². The van der Waals surface area contributed by atoms with Crippen molar-refractivity contribution in [1.29, 1.82) is 0 Å². The summed E-state index contributed by atoms with van der Waals surface area (Å²) in [5.74, 6) is 0.684. The summed E-state index contributed by atoms with van der Waals surface area (Å²) < 4.78 is 5.43. The van der Waals surface area contributed by atoms with E-state index in [1.807, 2.05) is 23.1 Å². The summed E-state index contributed by atoms with van der Waals surface area (Å²) >= 11 is 1.67. The molecule has 4 heterocycles. The molecule has 2 aromatic heterocycles. The average Bonchev–Trinajstić information content (AvgIpc) is 3.54. The van der Waals surface area contributed by atoms with Crippen molar-refractivity contribution in [3.8, 4) is 5.88 Å². The number of benzene rings is 1. The molecular formula is C23H23N5O3S. The fourth-order valence-corrected chi connectivity index (χ4v) is 4.95. The average molecular weight is 450 g/mol. The van der Waals surface area contributed by atoms with Gasteiger partial charge in [0.05, 0.1) is 10.7 Å². The summed E-state index contributed by atoms with van der Waals surface area (Å²) in [6, 6.07) is 13.6. The molecular weight excluding hydrogens is 426 g/mol. The maximum absolute atomic E-state index is 12.5. The molecule has 1 atom stereocenters. The van der Waals surface area contributed by atoms with Crippen LogP contribution in [0.15, 0.2) is 59.2 Å². The lowest BCUT2D eigenvalue weighted by Gasteiger charge is -2.31. The predicted molar refractivity (Wildman–Crippen MR) is 120 cm³/mol. The second kappa shape index (κ2) is 9.44. The van der Waals surface area contributed by atoms with E-state index in [1.54, 1.807) is 29.7 Å². The van der Waals surface area contributed by atoms with Crippen LogP contribution in [-0.2, 0) is 9.63 Å². The van der Waals surface area contributed by atoms with E-state index in [-0.39, 0.29) is 18.6 Å². The highest BCUT2D eigenvalue weighted by Crippen LogP contribution is 2.33. The molecule has 0 aliphatic carbocycles. The van der Waals surface area contributed by atoms with Gasteiger partial charge < -0.3 is 14.5 Å². The number of hydrogen-bond acceptors (Lipinski definition) is 8. The highest BCUT2D eigenvalue weighted by atomic mass is 32.1. The fraction of sp³-hybridized carbons (Fsp3) is 0.348. The van der Waals surface area contributed by atoms with Crippen LogP contribution in [0.5, 0.6) is 5.88 Å². The Morgan fingerprint density at radius 1 is 1.16 bits per heavy atom. The van der Waals surface area contributed by atoms with E-state index in [4.69, 9.17) is 14.6 Å². The Hall–Kier alpha value is -3.33. The van der Waals surface area contributed by atoms with Crippen LogP contribution < -0.4 is 4.74 Å². The third kappa shape index (κ3) is 4.62. The van der Waals surface area contributed by atoms with Crippen LogP contribution in [0.25, 0.3) is 0 Å². The molecule has 0 saturated carbocycles. The monoisotopic (exact) mass is 449 g/mol. The Labute approximate surface area is 189 Å². The van der Waals surface area contributed by atoms with Gasteiger partial charge in [0.15, 0.2) is 12.7 Å². The van der Waals surface area contributed by atoms with Crippen LogP contribution in [0, 0.1) is 0 Å². The van der Waals surface area contributed by atoms with Gasteiger partial charge in [0, 0.05) is 43.1 Å². The van der Waals surface area contributed by atoms with Crippen molar-refractivity contribution in [3.63, 3.8) is 0 Å². The first-order chi connectivity index (χ1) is 15.8. The summed E-state index contributed by atoms with van der Waals surface area (Å²) in [5.41, 5.74) is 2.93. The molecule has 1 fully saturated rings. The molecule has 9 heteroatoms. The van der Waals surface area contributed by atoms with Crippen molar-refractivity contribution in [2.24, 2.45) is 5.16 Å². The second-order valence-electron chi connectivity index (χ2n) is 7.82. The maximum atomic E-state index is 12.5. The lowest BCUT2D eigenvalue weighted by Crippen LogP contribution is -2.40. The maximum Gasteiger partial charge on any atom is 0.260 e. The molecule has 164 valence electrons. The van der Waals surface area contributed by atoms with E-state index in [0.717, 1.165) is 41.2 Å². The topological polar surface area (TPSA) is 89.8 Å². The second-order valence-corrected chi connectivity index (χ2v) is 8.71. The molecule has 0 spiro atoms. The third-order valence-corrected chi connectivity index (χ3v) is 6.75. The van der Waals surface area contributed by atoms with Crippen LogP contribution in [-0.4, -0.2) is 51.4 Å². The fourth-order valence-electron chi connectivity index (χ4n) is 3.95. The first-order valence-corrected chi connectivity index (χ1v) is 11.6. The van der Waals surface area contributed by atoms with E-state index in [2.05, 4.69) is 32.9 Å². The van der Waals surface area contributed by atoms with Crippen molar-refractivity contribution < 1.29 is 14.4 Å². The molecule has 3 aromatic rings. The zero-order valence-electron chi connectivity index (χ0n) is 17.5. The minimum absolute atomic E-state index is 0.0207. The molecule has 5 rings (SSSR count). The SMILES string of the molecule is O=C(COc1cccnn1)N1CCC(c2nc(C3=NOC(c4ccccc4)C3)cs2)CC1. The summed E-state index contributed by atoms with van der Waals surface area (Å²) in [7, 11) is 0. The highest BCUT2D eigenvalue weighted by Gasteiger charge is 2.29. The Bertz CT molecular complexity index is 1080. The van der Waals surface area contributed by atoms with E-state index < -0.39 is 0 Å². The zero-order chi connectivity index (χ0) is 21.8. The summed E-state index contributed by atoms with van der Waals surface area (Å²) in [4.78, 5) is 24.8. The Kier molecular flexibility index (Phi) is 6.06. The number of oxime groups is 1. The van der Waals surface area contributed by atoms with Crippen LogP contribution in [0.1, 0.15) is 47.5 Å². The number of piperidine rings is 1. The normalized spacial score (nSPS) is 18.8. The Morgan fingerprint density at radius 3 is 2.78 bits per heavy atom. The molecule has 1 amide bonds. The van der Waals surface area contributed by atoms with Gasteiger partial charge in [0.25, 0.3) is 5.91 Å². The number of rotatable bonds is 6. The number of aromatic nitrogens is 3. The highest BCUT2D eigenvalue weighted by molar-refractivity contribution is 7.10. The molecule has 2 aliphatic heterocycles. The number of amides is 1. The number of likely N-dealkylation sites (tertiary alicyclic amines) is 1. The molecule has 0 radical (unpaired) electrons. The third-order valence-electron chi connectivity index (χ3n) is 5.75. The summed E-state index contributed by atoms with van der Waals surface area (Å²) in [6.45, 7) is 1.37. The quantitative estimate of drug-likeness (QED) is 0.571. The molecule has 0 bridgehead atoms. The molecule has 32 heavy (non-hydrogen) atoms. The van der Waals surface area contributed by atoms with Gasteiger partial charge in [-0.15, -0.1) is 16.4 Å². The first kappa shape index (κ1) is 20.6. The van der Waals surface area contributed by atoms with Gasteiger partial charge in [0.1, 0.15) is 5.71 Å². The number of nitrogens with zero attached hydrogens (tertiary/aromatic N) is 5. The summed E-state index contributed by atoms with van der Waals surface area (Å²) in [6.07, 6.45) is 4.03. The molecule has 2 aliphatic rings. The van der Waals surface area contributed by atoms with E-state index in [1.165, 1.54) is 0 Å². The Balaban J connectivity index is 1.12. The van der Waals surface area contributed by atoms with Crippen molar-refractivity contribution in [3.05, 3.63) is 70.3 Å². The minimum Gasteiger partial charge on any atom is -0.466 e. The van der Waals surface area contributed by atoms with Crippen LogP contribution in [0.4, 0.5) is 0 Å². The smallest absolute Gasteiger partial charge is 0.260 e. The van der Waals surface area contributed by atoms with Crippen LogP contribution in [0.3, 0.4) is 0 Å². The van der Waals surface area contributed by atoms with E-state index >= 15 is 0 Å². The number of carbonyl (C=O) groups excluding carboxylic acids is 1. The van der Waals surface area contributed by atoms with Gasteiger partial charge in [-0.1, -0.05) is 35.5 Å². The molecule has 1 aromatic carbocycles. The molecule has 8 nitrogen and oxygen atoms in total. The van der Waals surface area contributed by atoms with E-state index in [9.17, 15) is 4.79 Å². The van der Waals surface area contributed by atoms with Crippen molar-refractivity contribution in [1.82, 2.24) is 20.1 Å². The standard InChI is InChI=1S/C23H23N5O3S/c29-22(14-30-21-7-4-10-24-26-21)28-11-8-17(9-12-28)23-25-19(15-32-23)18-13-20(31-27-18)16-5-2-1-3-6-16/h1-7,10,15,17,20H,8-9,11-14H2. The number of ether oxygens (including phenoxy) is 1. The number of thiazole rings is 1. The van der Waals surface area contributed by atoms with Gasteiger partial charge >= 0.3 is 0 Å². The van der Waals surface area contributed by atoms with Crippen LogP contribution in [0.2, 0.25) is 0 Å². The predicted octanol–water partition coefficient (Wildman–Crippen LogP) is 3.58. The lowest BCUT2D eigenvalue weighted by molar-refractivity contribution is -0.134. The van der Waals surface area contributed by atoms with Gasteiger partial charge in [-0.3, -0.25) is 4.79 Å². The number of hydrogen-bond donors (Lipinski definition) is 0. The minimum atomic E-state index is -0.0466. The largest absolute Gasteiger partial charge is 0.466 e. The van der Waals surface area contributed by atoms with Crippen molar-refractivity contribution in [2.45, 2.75) is 31.3 Å². The zero-order valence-corrected chi connectivity index (χ0v) is 18.3. The van der Waals surface area contributed by atoms with Gasteiger partial charge in [0.2, 0.25) is 5.88 Å². The number of carbonyl (C=O) groups is 1. The van der Waals surface area contributed by atoms with Gasteiger partial charge in [-0.2, -0.15) is 5.10 Å². The first-order valence-electron chi connectivity index (χ1n) is 10.7. The summed E-state index contributed by atoms with van der Waals surface area (Å²) in [5, 5.41) is 15.0. The lowest BCUT2D eigenvalue weighted by atomic mass is 9.97. The van der Waals surface area contributed by atoms with E-state index in [0.29, 0.717) is 24.9 Å². The van der Waals surface area contributed by atoms with Crippen molar-refractivity contribution >= 4 is 23.0 Å². The molecule has 1 saturated heterocycles. The molecule has 1 unspecified atom stereocenters. The van der Waals surface area contributed by atoms with Crippen LogP contribution >= 0.6 is 11.3 Å².